The molecule has 5 N–H and O–H groups in total. The SMILES string of the molecule is O=C(Nc1c[nH]nc1C(=O)NC1CCNCC1)c1ccc(O)cc1. The van der Waals surface area contributed by atoms with Crippen molar-refractivity contribution >= 4 is 17.5 Å². The molecule has 0 unspecified atom stereocenters. The summed E-state index contributed by atoms with van der Waals surface area (Å²) in [5.41, 5.74) is 0.846. The second-order valence-corrected chi connectivity index (χ2v) is 5.65. The molecular weight excluding hydrogens is 310 g/mol. The Labute approximate surface area is 138 Å². The lowest BCUT2D eigenvalue weighted by Crippen LogP contribution is -2.43. The molecule has 2 heterocycles. The van der Waals surface area contributed by atoms with Gasteiger partial charge in [0.1, 0.15) is 5.75 Å². The summed E-state index contributed by atoms with van der Waals surface area (Å²) in [6.45, 7) is 1.74. The molecule has 1 aliphatic heterocycles. The number of carbonyl (C=O) groups is 2. The average molecular weight is 329 g/mol. The van der Waals surface area contributed by atoms with E-state index in [1.165, 1.54) is 30.5 Å². The number of nitrogens with zero attached hydrogens (tertiary/aromatic N) is 1. The predicted octanol–water partition coefficient (Wildman–Crippen LogP) is 0.849. The molecule has 1 aliphatic rings. The van der Waals surface area contributed by atoms with E-state index in [0.717, 1.165) is 25.9 Å². The van der Waals surface area contributed by atoms with Crippen LogP contribution < -0.4 is 16.0 Å². The van der Waals surface area contributed by atoms with E-state index in [1.54, 1.807) is 0 Å². The van der Waals surface area contributed by atoms with Gasteiger partial charge < -0.3 is 21.1 Å². The van der Waals surface area contributed by atoms with Crippen molar-refractivity contribution in [3.63, 3.8) is 0 Å². The summed E-state index contributed by atoms with van der Waals surface area (Å²) in [6, 6.07) is 5.96. The van der Waals surface area contributed by atoms with E-state index in [0.29, 0.717) is 11.3 Å². The molecule has 0 aliphatic carbocycles. The standard InChI is InChI=1S/C16H19N5O3/c22-12-3-1-10(2-4-12)15(23)20-13-9-18-21-14(13)16(24)19-11-5-7-17-8-6-11/h1-4,9,11,17,22H,5-8H2,(H,18,21)(H,19,24)(H,20,23). The Morgan fingerprint density at radius 1 is 1.12 bits per heavy atom. The zero-order valence-electron chi connectivity index (χ0n) is 13.0. The molecule has 0 atom stereocenters. The van der Waals surface area contributed by atoms with Crippen LogP contribution in [0.15, 0.2) is 30.5 Å². The van der Waals surface area contributed by atoms with Gasteiger partial charge in [0, 0.05) is 17.8 Å². The number of amides is 2. The van der Waals surface area contributed by atoms with Gasteiger partial charge >= 0.3 is 0 Å². The maximum atomic E-state index is 12.4. The average Bonchev–Trinajstić information content (AvgIpc) is 3.04. The van der Waals surface area contributed by atoms with Crippen LogP contribution in [0.25, 0.3) is 0 Å². The zero-order valence-corrected chi connectivity index (χ0v) is 13.0. The fraction of sp³-hybridized carbons (Fsp3) is 0.312. The lowest BCUT2D eigenvalue weighted by Gasteiger charge is -2.23. The van der Waals surface area contributed by atoms with Crippen LogP contribution in [0.1, 0.15) is 33.7 Å². The van der Waals surface area contributed by atoms with Crippen molar-refractivity contribution in [3.05, 3.63) is 41.7 Å². The zero-order chi connectivity index (χ0) is 16.9. The van der Waals surface area contributed by atoms with Gasteiger partial charge in [0.05, 0.1) is 5.69 Å². The summed E-state index contributed by atoms with van der Waals surface area (Å²) < 4.78 is 0. The number of aromatic hydroxyl groups is 1. The monoisotopic (exact) mass is 329 g/mol. The highest BCUT2D eigenvalue weighted by Crippen LogP contribution is 2.16. The van der Waals surface area contributed by atoms with Crippen LogP contribution in [0.3, 0.4) is 0 Å². The fourth-order valence-electron chi connectivity index (χ4n) is 2.59. The molecule has 1 aromatic heterocycles. The molecule has 0 radical (unpaired) electrons. The van der Waals surface area contributed by atoms with Crippen LogP contribution in [0.4, 0.5) is 5.69 Å². The van der Waals surface area contributed by atoms with E-state index >= 15 is 0 Å². The molecule has 0 bridgehead atoms. The van der Waals surface area contributed by atoms with Crippen molar-refractivity contribution in [2.24, 2.45) is 0 Å². The van der Waals surface area contributed by atoms with Gasteiger partial charge in [0.2, 0.25) is 0 Å². The Morgan fingerprint density at radius 2 is 1.83 bits per heavy atom. The van der Waals surface area contributed by atoms with Crippen LogP contribution in [0.2, 0.25) is 0 Å². The quantitative estimate of drug-likeness (QED) is 0.570. The van der Waals surface area contributed by atoms with Crippen molar-refractivity contribution in [1.82, 2.24) is 20.8 Å². The number of aromatic amines is 1. The molecule has 24 heavy (non-hydrogen) atoms. The van der Waals surface area contributed by atoms with Crippen LogP contribution in [-0.4, -0.2) is 46.2 Å². The molecule has 8 heteroatoms. The fourth-order valence-corrected chi connectivity index (χ4v) is 2.59. The van der Waals surface area contributed by atoms with Crippen LogP contribution >= 0.6 is 0 Å². The Morgan fingerprint density at radius 3 is 2.54 bits per heavy atom. The van der Waals surface area contributed by atoms with Gasteiger partial charge in [-0.15, -0.1) is 0 Å². The first-order valence-electron chi connectivity index (χ1n) is 7.79. The van der Waals surface area contributed by atoms with Crippen LogP contribution in [-0.2, 0) is 0 Å². The van der Waals surface area contributed by atoms with E-state index in [9.17, 15) is 14.7 Å². The number of phenols is 1. The van der Waals surface area contributed by atoms with Crippen LogP contribution in [0.5, 0.6) is 5.75 Å². The first kappa shape index (κ1) is 16.0. The largest absolute Gasteiger partial charge is 0.508 e. The topological polar surface area (TPSA) is 119 Å². The van der Waals surface area contributed by atoms with E-state index < -0.39 is 0 Å². The third kappa shape index (κ3) is 3.72. The van der Waals surface area contributed by atoms with Gasteiger partial charge in [0.15, 0.2) is 5.69 Å². The number of aromatic nitrogens is 2. The Bertz CT molecular complexity index is 720. The van der Waals surface area contributed by atoms with Gasteiger partial charge in [-0.3, -0.25) is 14.7 Å². The first-order valence-corrected chi connectivity index (χ1v) is 7.79. The second kappa shape index (κ2) is 7.14. The van der Waals surface area contributed by atoms with Crippen molar-refractivity contribution in [2.45, 2.75) is 18.9 Å². The lowest BCUT2D eigenvalue weighted by molar-refractivity contribution is 0.0925. The second-order valence-electron chi connectivity index (χ2n) is 5.65. The van der Waals surface area contributed by atoms with Gasteiger partial charge in [-0.1, -0.05) is 0 Å². The van der Waals surface area contributed by atoms with E-state index in [-0.39, 0.29) is 29.3 Å². The van der Waals surface area contributed by atoms with Crippen molar-refractivity contribution < 1.29 is 14.7 Å². The summed E-state index contributed by atoms with van der Waals surface area (Å²) in [7, 11) is 0. The highest BCUT2D eigenvalue weighted by atomic mass is 16.3. The molecule has 0 saturated carbocycles. The molecule has 2 aromatic rings. The molecule has 126 valence electrons. The minimum Gasteiger partial charge on any atom is -0.508 e. The number of H-pyrrole nitrogens is 1. The summed E-state index contributed by atoms with van der Waals surface area (Å²) in [5.74, 6) is -0.617. The number of carbonyl (C=O) groups excluding carboxylic acids is 2. The Balaban J connectivity index is 1.67. The number of rotatable bonds is 4. The number of hydrogen-bond donors (Lipinski definition) is 5. The molecule has 1 saturated heterocycles. The van der Waals surface area contributed by atoms with E-state index in [1.807, 2.05) is 0 Å². The summed E-state index contributed by atoms with van der Waals surface area (Å²) in [6.07, 6.45) is 3.20. The third-order valence-electron chi connectivity index (χ3n) is 3.91. The van der Waals surface area contributed by atoms with Crippen LogP contribution in [0, 0.1) is 0 Å². The van der Waals surface area contributed by atoms with Crippen molar-refractivity contribution in [2.75, 3.05) is 18.4 Å². The number of nitrogens with one attached hydrogen (secondary N) is 4. The van der Waals surface area contributed by atoms with Gasteiger partial charge in [-0.25, -0.2) is 0 Å². The molecule has 2 amide bonds. The molecule has 0 spiro atoms. The highest BCUT2D eigenvalue weighted by Gasteiger charge is 2.21. The molecule has 1 aromatic carbocycles. The molecule has 8 nitrogen and oxygen atoms in total. The lowest BCUT2D eigenvalue weighted by atomic mass is 10.1. The minimum absolute atomic E-state index is 0.0805. The summed E-state index contributed by atoms with van der Waals surface area (Å²) in [5, 5.41) is 24.6. The minimum atomic E-state index is -0.382. The number of hydrogen-bond acceptors (Lipinski definition) is 5. The maximum absolute atomic E-state index is 12.4. The maximum Gasteiger partial charge on any atom is 0.274 e. The van der Waals surface area contributed by atoms with Gasteiger partial charge in [-0.05, 0) is 50.2 Å². The third-order valence-corrected chi connectivity index (χ3v) is 3.91. The summed E-state index contributed by atoms with van der Waals surface area (Å²) >= 11 is 0. The Hall–Kier alpha value is -2.87. The Kier molecular flexibility index (Phi) is 4.76. The first-order chi connectivity index (χ1) is 11.6. The molecule has 3 rings (SSSR count). The molecule has 1 fully saturated rings. The smallest absolute Gasteiger partial charge is 0.274 e. The van der Waals surface area contributed by atoms with E-state index in [4.69, 9.17) is 0 Å². The normalized spacial score (nSPS) is 15.0. The van der Waals surface area contributed by atoms with Crippen molar-refractivity contribution in [1.29, 1.82) is 0 Å². The van der Waals surface area contributed by atoms with Crippen molar-refractivity contribution in [3.8, 4) is 5.75 Å². The summed E-state index contributed by atoms with van der Waals surface area (Å²) in [4.78, 5) is 24.6. The number of anilines is 1. The number of phenolic OH excluding ortho intramolecular Hbond substituents is 1. The molecular formula is C16H19N5O3. The van der Waals surface area contributed by atoms with Gasteiger partial charge in [0.25, 0.3) is 11.8 Å². The van der Waals surface area contributed by atoms with E-state index in [2.05, 4.69) is 26.1 Å². The van der Waals surface area contributed by atoms with Gasteiger partial charge in [-0.2, -0.15) is 5.10 Å². The number of piperidine rings is 1. The number of benzene rings is 1. The predicted molar refractivity (Wildman–Crippen MR) is 88.0 cm³/mol. The highest BCUT2D eigenvalue weighted by molar-refractivity contribution is 6.08.